The molecule has 0 aromatic rings. The third-order valence-corrected chi connectivity index (χ3v) is 3.00. The first-order valence-corrected chi connectivity index (χ1v) is 3.69. The summed E-state index contributed by atoms with van der Waals surface area (Å²) in [5, 5.41) is 0. The fourth-order valence-corrected chi connectivity index (χ4v) is 2.11. The average Bonchev–Trinajstić information content (AvgIpc) is 1.78. The first-order chi connectivity index (χ1) is 4.56. The predicted octanol–water partition coefficient (Wildman–Crippen LogP) is 1.52. The Morgan fingerprint density at radius 1 is 1.20 bits per heavy atom. The van der Waals surface area contributed by atoms with Gasteiger partial charge < -0.3 is 5.73 Å². The molecular formula is C7H11F2N. The second kappa shape index (κ2) is 1.52. The first kappa shape index (κ1) is 6.53. The van der Waals surface area contributed by atoms with E-state index >= 15 is 0 Å². The molecule has 0 atom stereocenters. The molecule has 0 aliphatic heterocycles. The maximum absolute atomic E-state index is 12.8. The van der Waals surface area contributed by atoms with Gasteiger partial charge in [-0.3, -0.25) is 0 Å². The van der Waals surface area contributed by atoms with Crippen LogP contribution in [-0.4, -0.2) is 12.0 Å². The summed E-state index contributed by atoms with van der Waals surface area (Å²) in [6.45, 7) is 0. The summed E-state index contributed by atoms with van der Waals surface area (Å²) in [5.41, 5.74) is 4.80. The van der Waals surface area contributed by atoms with Crippen molar-refractivity contribution in [2.75, 3.05) is 0 Å². The molecule has 3 heteroatoms. The van der Waals surface area contributed by atoms with Gasteiger partial charge in [-0.2, -0.15) is 0 Å². The number of hydrogen-bond acceptors (Lipinski definition) is 1. The molecule has 0 amide bonds. The highest BCUT2D eigenvalue weighted by molar-refractivity contribution is 5.11. The third-order valence-electron chi connectivity index (χ3n) is 3.00. The molecule has 1 nitrogen and oxygen atoms in total. The molecule has 0 aromatic carbocycles. The van der Waals surface area contributed by atoms with Gasteiger partial charge in [0.15, 0.2) is 0 Å². The van der Waals surface area contributed by atoms with Gasteiger partial charge >= 0.3 is 0 Å². The predicted molar refractivity (Wildman–Crippen MR) is 33.8 cm³/mol. The lowest BCUT2D eigenvalue weighted by molar-refractivity contribution is -0.241. The van der Waals surface area contributed by atoms with E-state index in [9.17, 15) is 8.78 Å². The van der Waals surface area contributed by atoms with Gasteiger partial charge in [-0.1, -0.05) is 0 Å². The molecule has 0 aromatic heterocycles. The average molecular weight is 147 g/mol. The lowest BCUT2D eigenvalue weighted by Gasteiger charge is -2.57. The van der Waals surface area contributed by atoms with Crippen LogP contribution in [0.25, 0.3) is 0 Å². The Balaban J connectivity index is 2.07. The fraction of sp³-hybridized carbons (Fsp3) is 1.00. The number of halogens is 2. The third kappa shape index (κ3) is 0.546. The zero-order valence-electron chi connectivity index (χ0n) is 5.74. The van der Waals surface area contributed by atoms with Gasteiger partial charge in [0.25, 0.3) is 5.92 Å². The van der Waals surface area contributed by atoms with Crippen molar-refractivity contribution in [1.82, 2.24) is 0 Å². The molecule has 2 saturated carbocycles. The van der Waals surface area contributed by atoms with Gasteiger partial charge in [-0.15, -0.1) is 0 Å². The van der Waals surface area contributed by atoms with E-state index in [4.69, 9.17) is 5.73 Å². The molecule has 2 fully saturated rings. The van der Waals surface area contributed by atoms with E-state index in [-0.39, 0.29) is 12.5 Å². The van der Waals surface area contributed by atoms with Crippen molar-refractivity contribution in [2.45, 2.75) is 37.6 Å². The lowest BCUT2D eigenvalue weighted by Crippen LogP contribution is -2.62. The minimum Gasteiger partial charge on any atom is -0.328 e. The highest BCUT2D eigenvalue weighted by atomic mass is 19.3. The van der Waals surface area contributed by atoms with Crippen molar-refractivity contribution >= 4 is 0 Å². The van der Waals surface area contributed by atoms with Crippen molar-refractivity contribution in [3.63, 3.8) is 0 Å². The van der Waals surface area contributed by atoms with E-state index < -0.39 is 11.3 Å². The van der Waals surface area contributed by atoms with E-state index in [0.717, 1.165) is 0 Å². The van der Waals surface area contributed by atoms with Crippen molar-refractivity contribution in [3.05, 3.63) is 0 Å². The van der Waals surface area contributed by atoms with E-state index in [0.29, 0.717) is 19.3 Å². The zero-order chi connectivity index (χ0) is 7.41. The van der Waals surface area contributed by atoms with Crippen LogP contribution in [0.4, 0.5) is 8.78 Å². The number of rotatable bonds is 0. The molecule has 0 bridgehead atoms. The molecule has 0 saturated heterocycles. The number of nitrogens with two attached hydrogens (primary N) is 1. The molecule has 2 aliphatic carbocycles. The second-order valence-corrected chi connectivity index (χ2v) is 3.65. The Kier molecular flexibility index (Phi) is 0.994. The first-order valence-electron chi connectivity index (χ1n) is 3.69. The van der Waals surface area contributed by atoms with E-state index in [1.807, 2.05) is 0 Å². The maximum Gasteiger partial charge on any atom is 0.253 e. The summed E-state index contributed by atoms with van der Waals surface area (Å²) < 4.78 is 25.5. The summed E-state index contributed by atoms with van der Waals surface area (Å²) in [7, 11) is 0. The topological polar surface area (TPSA) is 26.0 Å². The minimum absolute atomic E-state index is 0.0474. The Morgan fingerprint density at radius 3 is 1.90 bits per heavy atom. The fourth-order valence-electron chi connectivity index (χ4n) is 2.11. The van der Waals surface area contributed by atoms with Gasteiger partial charge in [-0.25, -0.2) is 8.78 Å². The zero-order valence-corrected chi connectivity index (χ0v) is 5.74. The van der Waals surface area contributed by atoms with Gasteiger partial charge in [0.2, 0.25) is 0 Å². The normalized spacial score (nSPS) is 50.1. The molecule has 58 valence electrons. The Hall–Kier alpha value is -0.180. The standard InChI is InChI=1S/C7H11F2N/c8-7(9)2-1-6(7)3-5(10)4-6/h5H,1-4,10H2. The van der Waals surface area contributed by atoms with Crippen LogP contribution < -0.4 is 5.73 Å². The van der Waals surface area contributed by atoms with Crippen molar-refractivity contribution < 1.29 is 8.78 Å². The molecule has 2 N–H and O–H groups in total. The lowest BCUT2D eigenvalue weighted by atomic mass is 9.52. The van der Waals surface area contributed by atoms with E-state index in [1.165, 1.54) is 0 Å². The smallest absolute Gasteiger partial charge is 0.253 e. The largest absolute Gasteiger partial charge is 0.328 e. The van der Waals surface area contributed by atoms with Gasteiger partial charge in [-0.05, 0) is 19.3 Å². The highest BCUT2D eigenvalue weighted by Crippen LogP contribution is 2.64. The number of alkyl halides is 2. The van der Waals surface area contributed by atoms with Crippen LogP contribution in [0.3, 0.4) is 0 Å². The summed E-state index contributed by atoms with van der Waals surface area (Å²) in [6, 6.07) is 0.0474. The molecule has 0 unspecified atom stereocenters. The molecule has 2 aliphatic rings. The molecule has 0 heterocycles. The van der Waals surface area contributed by atoms with E-state index in [1.54, 1.807) is 0 Å². The molecule has 1 spiro atoms. The van der Waals surface area contributed by atoms with Crippen LogP contribution in [0, 0.1) is 5.41 Å². The highest BCUT2D eigenvalue weighted by Gasteiger charge is 2.66. The molecule has 2 rings (SSSR count). The van der Waals surface area contributed by atoms with E-state index in [2.05, 4.69) is 0 Å². The SMILES string of the molecule is NC1CC2(CCC2(F)F)C1. The summed E-state index contributed by atoms with van der Waals surface area (Å²) in [6.07, 6.45) is 1.85. The monoisotopic (exact) mass is 147 g/mol. The van der Waals surface area contributed by atoms with Crippen LogP contribution in [-0.2, 0) is 0 Å². The Bertz CT molecular complexity index is 161. The van der Waals surface area contributed by atoms with Crippen molar-refractivity contribution in [3.8, 4) is 0 Å². The second-order valence-electron chi connectivity index (χ2n) is 3.65. The summed E-state index contributed by atoms with van der Waals surface area (Å²) >= 11 is 0. The maximum atomic E-state index is 12.8. The quantitative estimate of drug-likeness (QED) is 0.552. The van der Waals surface area contributed by atoms with Gasteiger partial charge in [0.1, 0.15) is 0 Å². The van der Waals surface area contributed by atoms with Crippen LogP contribution in [0.5, 0.6) is 0 Å². The molecular weight excluding hydrogens is 136 g/mol. The van der Waals surface area contributed by atoms with Crippen LogP contribution >= 0.6 is 0 Å². The summed E-state index contributed by atoms with van der Waals surface area (Å²) in [4.78, 5) is 0. The number of hydrogen-bond donors (Lipinski definition) is 1. The van der Waals surface area contributed by atoms with Crippen molar-refractivity contribution in [2.24, 2.45) is 11.1 Å². The summed E-state index contributed by atoms with van der Waals surface area (Å²) in [5.74, 6) is -2.39. The van der Waals surface area contributed by atoms with Gasteiger partial charge in [0.05, 0.1) is 0 Å². The Labute approximate surface area is 58.6 Å². The van der Waals surface area contributed by atoms with Crippen LogP contribution in [0.2, 0.25) is 0 Å². The Morgan fingerprint density at radius 2 is 1.80 bits per heavy atom. The molecule has 10 heavy (non-hydrogen) atoms. The van der Waals surface area contributed by atoms with Crippen molar-refractivity contribution in [1.29, 1.82) is 0 Å². The molecule has 0 radical (unpaired) electrons. The van der Waals surface area contributed by atoms with Crippen LogP contribution in [0.1, 0.15) is 25.7 Å². The van der Waals surface area contributed by atoms with Gasteiger partial charge in [0, 0.05) is 17.9 Å². The van der Waals surface area contributed by atoms with Crippen LogP contribution in [0.15, 0.2) is 0 Å². The minimum atomic E-state index is -2.39.